The summed E-state index contributed by atoms with van der Waals surface area (Å²) in [4.78, 5) is 7.96. The molecule has 0 atom stereocenters. The highest BCUT2D eigenvalue weighted by atomic mass is 16.5. The van der Waals surface area contributed by atoms with Crippen LogP contribution in [0.2, 0.25) is 0 Å². The smallest absolute Gasteiger partial charge is 0.262 e. The van der Waals surface area contributed by atoms with Crippen molar-refractivity contribution in [1.29, 1.82) is 5.26 Å². The van der Waals surface area contributed by atoms with Gasteiger partial charge in [0.05, 0.1) is 11.8 Å². The van der Waals surface area contributed by atoms with Gasteiger partial charge in [-0.15, -0.1) is 0 Å². The molecule has 0 aliphatic heterocycles. The first kappa shape index (κ1) is 9.22. The lowest BCUT2D eigenvalue weighted by Gasteiger charge is -1.85. The van der Waals surface area contributed by atoms with E-state index in [0.29, 0.717) is 11.4 Å². The van der Waals surface area contributed by atoms with Gasteiger partial charge in [0.1, 0.15) is 18.1 Å². The van der Waals surface area contributed by atoms with E-state index in [4.69, 9.17) is 9.78 Å². The Labute approximate surface area is 93.5 Å². The van der Waals surface area contributed by atoms with Gasteiger partial charge in [0, 0.05) is 0 Å². The van der Waals surface area contributed by atoms with E-state index in [1.807, 2.05) is 6.07 Å². The Balaban J connectivity index is 2.04. The molecule has 0 aromatic carbocycles. The highest BCUT2D eigenvalue weighted by Gasteiger charge is 2.16. The predicted octanol–water partition coefficient (Wildman–Crippen LogP) is 0.116. The second kappa shape index (κ2) is 3.53. The Morgan fingerprint density at radius 1 is 1.29 bits per heavy atom. The van der Waals surface area contributed by atoms with E-state index >= 15 is 0 Å². The van der Waals surface area contributed by atoms with Crippen molar-refractivity contribution in [2.24, 2.45) is 0 Å². The minimum Gasteiger partial charge on any atom is -0.333 e. The van der Waals surface area contributed by atoms with Gasteiger partial charge in [-0.25, -0.2) is 4.98 Å². The first-order valence-electron chi connectivity index (χ1n) is 4.52. The number of hydrogen-bond donors (Lipinski definition) is 2. The fourth-order valence-corrected chi connectivity index (χ4v) is 1.28. The molecule has 0 unspecified atom stereocenters. The van der Waals surface area contributed by atoms with Gasteiger partial charge in [0.25, 0.3) is 5.89 Å². The molecule has 0 saturated heterocycles. The number of hydrogen-bond acceptors (Lipinski definition) is 7. The molecule has 0 aliphatic rings. The second-order valence-corrected chi connectivity index (χ2v) is 3.03. The summed E-state index contributed by atoms with van der Waals surface area (Å²) in [7, 11) is 0. The molecule has 3 aromatic heterocycles. The Bertz CT molecular complexity index is 673. The van der Waals surface area contributed by atoms with Gasteiger partial charge in [-0.3, -0.25) is 10.2 Å². The van der Waals surface area contributed by atoms with E-state index in [9.17, 15) is 0 Å². The normalized spacial score (nSPS) is 10.3. The predicted molar refractivity (Wildman–Crippen MR) is 52.0 cm³/mol. The third-order valence-corrected chi connectivity index (χ3v) is 2.03. The SMILES string of the molecule is N#Cc1[nH]ncc1-c1nc(-c2ncn[nH]2)no1. The first-order chi connectivity index (χ1) is 8.38. The molecule has 0 aliphatic carbocycles. The third-order valence-electron chi connectivity index (χ3n) is 2.03. The van der Waals surface area contributed by atoms with Crippen LogP contribution in [0.5, 0.6) is 0 Å². The molecule has 82 valence electrons. The second-order valence-electron chi connectivity index (χ2n) is 3.03. The van der Waals surface area contributed by atoms with Crippen molar-refractivity contribution in [1.82, 2.24) is 35.5 Å². The minimum absolute atomic E-state index is 0.196. The number of aromatic amines is 2. The largest absolute Gasteiger partial charge is 0.333 e. The van der Waals surface area contributed by atoms with Gasteiger partial charge in [0.15, 0.2) is 5.82 Å². The van der Waals surface area contributed by atoms with E-state index in [1.165, 1.54) is 12.5 Å². The molecule has 2 N–H and O–H groups in total. The number of aromatic nitrogens is 7. The number of H-pyrrole nitrogens is 2. The van der Waals surface area contributed by atoms with E-state index < -0.39 is 0 Å². The van der Waals surface area contributed by atoms with E-state index in [0.717, 1.165) is 0 Å². The number of nitriles is 1. The quantitative estimate of drug-likeness (QED) is 0.636. The van der Waals surface area contributed by atoms with Crippen molar-refractivity contribution in [3.05, 3.63) is 18.2 Å². The van der Waals surface area contributed by atoms with Crippen LogP contribution < -0.4 is 0 Å². The lowest BCUT2D eigenvalue weighted by molar-refractivity contribution is 0.432. The topological polar surface area (TPSA) is 133 Å². The minimum atomic E-state index is 0.196. The molecule has 3 rings (SSSR count). The monoisotopic (exact) mass is 228 g/mol. The standard InChI is InChI=1S/C8H4N8O/c9-1-5-4(2-11-14-5)8-13-7(16-17-8)6-10-3-12-15-6/h2-3H,(H,11,14)(H,10,12,15). The molecule has 0 saturated carbocycles. The summed E-state index contributed by atoms with van der Waals surface area (Å²) < 4.78 is 5.02. The van der Waals surface area contributed by atoms with Gasteiger partial charge in [-0.2, -0.15) is 20.4 Å². The molecule has 0 fully saturated rings. The van der Waals surface area contributed by atoms with Gasteiger partial charge >= 0.3 is 0 Å². The van der Waals surface area contributed by atoms with Crippen LogP contribution in [-0.2, 0) is 0 Å². The van der Waals surface area contributed by atoms with Gasteiger partial charge < -0.3 is 4.52 Å². The average Bonchev–Trinajstić information content (AvgIpc) is 3.09. The first-order valence-corrected chi connectivity index (χ1v) is 4.52. The summed E-state index contributed by atoms with van der Waals surface area (Å²) in [5.41, 5.74) is 0.712. The Morgan fingerprint density at radius 2 is 2.24 bits per heavy atom. The van der Waals surface area contributed by atoms with Gasteiger partial charge in [0.2, 0.25) is 5.82 Å². The van der Waals surface area contributed by atoms with Crippen LogP contribution >= 0.6 is 0 Å². The summed E-state index contributed by atoms with van der Waals surface area (Å²) in [5.74, 6) is 0.853. The molecular weight excluding hydrogens is 224 g/mol. The van der Waals surface area contributed by atoms with Crippen LogP contribution in [0, 0.1) is 11.3 Å². The Morgan fingerprint density at radius 3 is 3.00 bits per heavy atom. The van der Waals surface area contributed by atoms with Crippen molar-refractivity contribution in [2.45, 2.75) is 0 Å². The van der Waals surface area contributed by atoms with Crippen LogP contribution in [0.3, 0.4) is 0 Å². The van der Waals surface area contributed by atoms with E-state index in [-0.39, 0.29) is 17.4 Å². The highest BCUT2D eigenvalue weighted by Crippen LogP contribution is 2.21. The van der Waals surface area contributed by atoms with Crippen molar-refractivity contribution in [3.63, 3.8) is 0 Å². The van der Waals surface area contributed by atoms with Crippen molar-refractivity contribution in [2.75, 3.05) is 0 Å². The van der Waals surface area contributed by atoms with Gasteiger partial charge in [-0.05, 0) is 0 Å². The van der Waals surface area contributed by atoms with Gasteiger partial charge in [-0.1, -0.05) is 5.16 Å². The molecule has 17 heavy (non-hydrogen) atoms. The third kappa shape index (κ3) is 1.44. The Hall–Kier alpha value is -3.02. The van der Waals surface area contributed by atoms with E-state index in [2.05, 4.69) is 35.5 Å². The zero-order valence-electron chi connectivity index (χ0n) is 8.25. The molecular formula is C8H4N8O. The maximum absolute atomic E-state index is 8.82. The molecule has 0 spiro atoms. The molecule has 9 nitrogen and oxygen atoms in total. The van der Waals surface area contributed by atoms with Crippen LogP contribution in [-0.4, -0.2) is 35.5 Å². The zero-order valence-corrected chi connectivity index (χ0v) is 8.25. The van der Waals surface area contributed by atoms with Crippen molar-refractivity contribution in [3.8, 4) is 29.2 Å². The van der Waals surface area contributed by atoms with Crippen LogP contribution in [0.1, 0.15) is 5.69 Å². The fraction of sp³-hybridized carbons (Fsp3) is 0. The summed E-state index contributed by atoms with van der Waals surface area (Å²) >= 11 is 0. The van der Waals surface area contributed by atoms with Crippen molar-refractivity contribution < 1.29 is 4.52 Å². The molecule has 3 aromatic rings. The molecule has 0 bridgehead atoms. The summed E-state index contributed by atoms with van der Waals surface area (Å²) in [6.45, 7) is 0. The maximum Gasteiger partial charge on any atom is 0.262 e. The lowest BCUT2D eigenvalue weighted by atomic mass is 10.2. The summed E-state index contributed by atoms with van der Waals surface area (Å²) in [6, 6.07) is 1.94. The van der Waals surface area contributed by atoms with Crippen LogP contribution in [0.15, 0.2) is 17.0 Å². The number of nitrogens with zero attached hydrogens (tertiary/aromatic N) is 6. The number of rotatable bonds is 2. The molecule has 0 amide bonds. The average molecular weight is 228 g/mol. The highest BCUT2D eigenvalue weighted by molar-refractivity contribution is 5.60. The lowest BCUT2D eigenvalue weighted by Crippen LogP contribution is -1.84. The zero-order chi connectivity index (χ0) is 11.7. The number of nitrogens with one attached hydrogen (secondary N) is 2. The molecule has 9 heteroatoms. The molecule has 3 heterocycles. The van der Waals surface area contributed by atoms with E-state index in [1.54, 1.807) is 0 Å². The molecule has 0 radical (unpaired) electrons. The van der Waals surface area contributed by atoms with Crippen molar-refractivity contribution >= 4 is 0 Å². The van der Waals surface area contributed by atoms with Crippen LogP contribution in [0.4, 0.5) is 0 Å². The van der Waals surface area contributed by atoms with Crippen LogP contribution in [0.25, 0.3) is 23.1 Å². The summed E-state index contributed by atoms with van der Waals surface area (Å²) in [6.07, 6.45) is 2.78. The maximum atomic E-state index is 8.82. The fourth-order valence-electron chi connectivity index (χ4n) is 1.28. The summed E-state index contributed by atoms with van der Waals surface area (Å²) in [5, 5.41) is 25.1. The Kier molecular flexibility index (Phi) is 1.91.